The molecule has 178 valence electrons. The van der Waals surface area contributed by atoms with Crippen molar-refractivity contribution in [3.05, 3.63) is 139 Å². The lowest BCUT2D eigenvalue weighted by molar-refractivity contribution is 0.605. The Morgan fingerprint density at radius 2 is 1.08 bits per heavy atom. The fraction of sp³-hybridized carbons (Fsp3) is 0.0270. The summed E-state index contributed by atoms with van der Waals surface area (Å²) in [5.41, 5.74) is 9.72. The van der Waals surface area contributed by atoms with Gasteiger partial charge in [0, 0.05) is 10.9 Å². The Labute approximate surface area is 221 Å². The van der Waals surface area contributed by atoms with Crippen LogP contribution in [0.5, 0.6) is 0 Å². The third kappa shape index (κ3) is 3.12. The van der Waals surface area contributed by atoms with Crippen LogP contribution in [0.1, 0.15) is 11.3 Å². The first-order valence-electron chi connectivity index (χ1n) is 13.2. The highest BCUT2D eigenvalue weighted by atomic mass is 16.3. The molecule has 0 bridgehead atoms. The summed E-state index contributed by atoms with van der Waals surface area (Å²) < 4.78 is 6.38. The topological polar surface area (TPSA) is 13.1 Å². The molecule has 0 saturated carbocycles. The van der Waals surface area contributed by atoms with Crippen LogP contribution < -0.4 is 0 Å². The molecule has 0 aliphatic heterocycles. The van der Waals surface area contributed by atoms with Crippen molar-refractivity contribution in [2.24, 2.45) is 0 Å². The Morgan fingerprint density at radius 3 is 1.79 bits per heavy atom. The molecule has 0 saturated heterocycles. The average molecular weight is 485 g/mol. The zero-order chi connectivity index (χ0) is 25.1. The smallest absolute Gasteiger partial charge is 0.135 e. The van der Waals surface area contributed by atoms with Crippen molar-refractivity contribution in [3.8, 4) is 33.4 Å². The lowest BCUT2D eigenvalue weighted by Crippen LogP contribution is -1.91. The number of allylic oxidation sites excluding steroid dienone is 1. The van der Waals surface area contributed by atoms with Crippen LogP contribution in [-0.4, -0.2) is 0 Å². The molecular weight excluding hydrogens is 460 g/mol. The van der Waals surface area contributed by atoms with Gasteiger partial charge in [0.25, 0.3) is 0 Å². The third-order valence-corrected chi connectivity index (χ3v) is 7.89. The molecule has 0 fully saturated rings. The molecule has 0 unspecified atom stereocenters. The van der Waals surface area contributed by atoms with Gasteiger partial charge in [-0.05, 0) is 79.6 Å². The minimum Gasteiger partial charge on any atom is -0.456 e. The zero-order valence-corrected chi connectivity index (χ0v) is 20.8. The molecule has 1 nitrogen and oxygen atoms in total. The van der Waals surface area contributed by atoms with E-state index in [4.69, 9.17) is 4.42 Å². The highest BCUT2D eigenvalue weighted by molar-refractivity contribution is 6.22. The number of rotatable bonds is 2. The SMILES string of the molecule is C1=Cc2oc3ccc(-c4c5ccccc5c(-c5ccccc5)c5ccccc45)cc3c2-c2ccccc2C1. The second-order valence-electron chi connectivity index (χ2n) is 10.0. The predicted octanol–water partition coefficient (Wildman–Crippen LogP) is 10.3. The monoisotopic (exact) mass is 484 g/mol. The van der Waals surface area contributed by atoms with E-state index in [1.165, 1.54) is 60.5 Å². The molecule has 38 heavy (non-hydrogen) atoms. The van der Waals surface area contributed by atoms with Crippen molar-refractivity contribution in [2.45, 2.75) is 6.42 Å². The van der Waals surface area contributed by atoms with E-state index in [0.717, 1.165) is 23.2 Å². The molecule has 1 heterocycles. The number of hydrogen-bond acceptors (Lipinski definition) is 1. The number of benzene rings is 6. The van der Waals surface area contributed by atoms with Crippen LogP contribution in [0, 0.1) is 0 Å². The third-order valence-electron chi connectivity index (χ3n) is 7.89. The minimum absolute atomic E-state index is 0.914. The summed E-state index contributed by atoms with van der Waals surface area (Å²) in [6.45, 7) is 0. The van der Waals surface area contributed by atoms with Crippen molar-refractivity contribution in [2.75, 3.05) is 0 Å². The van der Waals surface area contributed by atoms with Gasteiger partial charge in [-0.3, -0.25) is 0 Å². The molecule has 0 amide bonds. The fourth-order valence-corrected chi connectivity index (χ4v) is 6.26. The van der Waals surface area contributed by atoms with Crippen molar-refractivity contribution in [1.82, 2.24) is 0 Å². The highest BCUT2D eigenvalue weighted by Crippen LogP contribution is 2.46. The fourth-order valence-electron chi connectivity index (χ4n) is 6.26. The first-order chi connectivity index (χ1) is 18.9. The van der Waals surface area contributed by atoms with E-state index in [1.807, 2.05) is 0 Å². The Bertz CT molecular complexity index is 1980. The molecule has 1 aliphatic rings. The standard InChI is InChI=1S/C37H24O/c1-2-12-25(13-3-1)35-28-16-6-8-18-30(28)36(31-19-9-7-17-29(31)35)26-21-22-33-32(23-26)37-27-15-5-4-11-24(27)14-10-20-34(37)38-33/h1-13,15-23H,14H2. The number of hydrogen-bond donors (Lipinski definition) is 0. The Balaban J connectivity index is 1.47. The molecule has 0 N–H and O–H groups in total. The summed E-state index contributed by atoms with van der Waals surface area (Å²) >= 11 is 0. The maximum absolute atomic E-state index is 6.38. The van der Waals surface area contributed by atoms with Crippen LogP contribution in [0.2, 0.25) is 0 Å². The Morgan fingerprint density at radius 1 is 0.474 bits per heavy atom. The van der Waals surface area contributed by atoms with Gasteiger partial charge in [-0.15, -0.1) is 0 Å². The molecule has 6 aromatic carbocycles. The normalized spacial score (nSPS) is 12.5. The number of furan rings is 1. The van der Waals surface area contributed by atoms with E-state index in [9.17, 15) is 0 Å². The molecule has 0 atom stereocenters. The summed E-state index contributed by atoms with van der Waals surface area (Å²) in [7, 11) is 0. The van der Waals surface area contributed by atoms with Crippen molar-refractivity contribution in [3.63, 3.8) is 0 Å². The van der Waals surface area contributed by atoms with E-state index < -0.39 is 0 Å². The van der Waals surface area contributed by atoms with E-state index in [2.05, 4.69) is 133 Å². The second kappa shape index (κ2) is 8.33. The Kier molecular flexibility index (Phi) is 4.65. The van der Waals surface area contributed by atoms with Crippen molar-refractivity contribution >= 4 is 38.6 Å². The van der Waals surface area contributed by atoms with Crippen LogP contribution >= 0.6 is 0 Å². The lowest BCUT2D eigenvalue weighted by atomic mass is 9.85. The predicted molar refractivity (Wildman–Crippen MR) is 160 cm³/mol. The van der Waals surface area contributed by atoms with Crippen LogP contribution in [0.3, 0.4) is 0 Å². The van der Waals surface area contributed by atoms with Crippen molar-refractivity contribution in [1.29, 1.82) is 0 Å². The van der Waals surface area contributed by atoms with Crippen molar-refractivity contribution < 1.29 is 4.42 Å². The highest BCUT2D eigenvalue weighted by Gasteiger charge is 2.21. The maximum Gasteiger partial charge on any atom is 0.135 e. The molecule has 7 aromatic rings. The quantitative estimate of drug-likeness (QED) is 0.222. The summed E-state index contributed by atoms with van der Waals surface area (Å²) in [5, 5.41) is 6.23. The van der Waals surface area contributed by atoms with Gasteiger partial charge in [0.05, 0.1) is 0 Å². The van der Waals surface area contributed by atoms with Gasteiger partial charge >= 0.3 is 0 Å². The average Bonchev–Trinajstić information content (AvgIpc) is 3.23. The first kappa shape index (κ1) is 21.2. The van der Waals surface area contributed by atoms with Gasteiger partial charge in [0.1, 0.15) is 11.3 Å². The molecule has 8 rings (SSSR count). The summed E-state index contributed by atoms with van der Waals surface area (Å²) in [6.07, 6.45) is 5.25. The minimum atomic E-state index is 0.914. The van der Waals surface area contributed by atoms with Gasteiger partial charge in [0.15, 0.2) is 0 Å². The molecule has 1 aliphatic carbocycles. The Hall–Kier alpha value is -4.88. The van der Waals surface area contributed by atoms with Gasteiger partial charge < -0.3 is 4.42 Å². The zero-order valence-electron chi connectivity index (χ0n) is 20.8. The molecule has 1 heteroatoms. The molecule has 1 aromatic heterocycles. The molecule has 0 spiro atoms. The van der Waals surface area contributed by atoms with E-state index in [0.29, 0.717) is 0 Å². The van der Waals surface area contributed by atoms with Crippen LogP contribution in [0.25, 0.3) is 72.0 Å². The van der Waals surface area contributed by atoms with E-state index >= 15 is 0 Å². The van der Waals surface area contributed by atoms with E-state index in [1.54, 1.807) is 0 Å². The summed E-state index contributed by atoms with van der Waals surface area (Å²) in [5.74, 6) is 0.941. The van der Waals surface area contributed by atoms with Gasteiger partial charge in [-0.25, -0.2) is 0 Å². The summed E-state index contributed by atoms with van der Waals surface area (Å²) in [6, 6.07) is 43.8. The van der Waals surface area contributed by atoms with Gasteiger partial charge in [-0.1, -0.05) is 115 Å². The van der Waals surface area contributed by atoms with Gasteiger partial charge in [-0.2, -0.15) is 0 Å². The number of fused-ring (bicyclic) bond motifs is 7. The van der Waals surface area contributed by atoms with Crippen LogP contribution in [0.15, 0.2) is 132 Å². The molecule has 0 radical (unpaired) electrons. The second-order valence-corrected chi connectivity index (χ2v) is 10.0. The summed E-state index contributed by atoms with van der Waals surface area (Å²) in [4.78, 5) is 0. The van der Waals surface area contributed by atoms with Crippen LogP contribution in [-0.2, 0) is 6.42 Å². The first-order valence-corrected chi connectivity index (χ1v) is 13.2. The van der Waals surface area contributed by atoms with Crippen LogP contribution in [0.4, 0.5) is 0 Å². The van der Waals surface area contributed by atoms with E-state index in [-0.39, 0.29) is 0 Å². The maximum atomic E-state index is 6.38. The molecular formula is C37H24O. The largest absolute Gasteiger partial charge is 0.456 e. The lowest BCUT2D eigenvalue weighted by Gasteiger charge is -2.17. The van der Waals surface area contributed by atoms with Gasteiger partial charge in [0.2, 0.25) is 0 Å².